The minimum absolute atomic E-state index is 0.633. The van der Waals surface area contributed by atoms with Gasteiger partial charge in [-0.2, -0.15) is 0 Å². The number of rotatable bonds is 4. The fraction of sp³-hybridized carbons (Fsp3) is 0.368. The van der Waals surface area contributed by atoms with Crippen LogP contribution in [0.2, 0.25) is 0 Å². The molecule has 0 amide bonds. The van der Waals surface area contributed by atoms with Crippen molar-refractivity contribution in [1.82, 2.24) is 0 Å². The van der Waals surface area contributed by atoms with E-state index in [1.165, 1.54) is 35.2 Å². The van der Waals surface area contributed by atoms with Gasteiger partial charge in [0.2, 0.25) is 0 Å². The summed E-state index contributed by atoms with van der Waals surface area (Å²) in [6.45, 7) is 4.35. The molecular formula is C19H23N. The Kier molecular flexibility index (Phi) is 3.77. The van der Waals surface area contributed by atoms with Crippen molar-refractivity contribution in [1.29, 1.82) is 0 Å². The number of hydrogen-bond donors (Lipinski definition) is 1. The van der Waals surface area contributed by atoms with Crippen LogP contribution in [-0.4, -0.2) is 6.04 Å². The molecule has 1 aliphatic rings. The van der Waals surface area contributed by atoms with E-state index in [2.05, 4.69) is 67.7 Å². The van der Waals surface area contributed by atoms with Crippen LogP contribution in [0.25, 0.3) is 0 Å². The number of anilines is 1. The Morgan fingerprint density at radius 3 is 2.50 bits per heavy atom. The predicted octanol–water partition coefficient (Wildman–Crippen LogP) is 4.92. The summed E-state index contributed by atoms with van der Waals surface area (Å²) in [5.41, 5.74) is 5.52. The van der Waals surface area contributed by atoms with Crippen LogP contribution in [0.3, 0.4) is 0 Å². The van der Waals surface area contributed by atoms with Gasteiger partial charge < -0.3 is 5.32 Å². The van der Waals surface area contributed by atoms with Crippen molar-refractivity contribution < 1.29 is 0 Å². The Balaban J connectivity index is 1.56. The second kappa shape index (κ2) is 5.70. The van der Waals surface area contributed by atoms with Gasteiger partial charge in [-0.05, 0) is 55.4 Å². The monoisotopic (exact) mass is 265 g/mol. The van der Waals surface area contributed by atoms with Crippen LogP contribution in [0, 0.1) is 6.92 Å². The Morgan fingerprint density at radius 2 is 1.80 bits per heavy atom. The standard InChI is InChI=1S/C19H23N/c1-3-15-5-4-6-18(11-15)20-19-12-17(13-19)16-9-7-14(2)8-10-16/h4-11,17,19-20H,3,12-13H2,1-2H3. The van der Waals surface area contributed by atoms with E-state index in [1.807, 2.05) is 0 Å². The highest BCUT2D eigenvalue weighted by atomic mass is 14.9. The van der Waals surface area contributed by atoms with Crippen molar-refractivity contribution in [3.05, 3.63) is 65.2 Å². The molecule has 1 saturated carbocycles. The Hall–Kier alpha value is -1.76. The largest absolute Gasteiger partial charge is 0.382 e. The smallest absolute Gasteiger partial charge is 0.0345 e. The maximum absolute atomic E-state index is 3.66. The molecule has 2 aromatic rings. The van der Waals surface area contributed by atoms with Crippen molar-refractivity contribution in [2.24, 2.45) is 0 Å². The third-order valence-corrected chi connectivity index (χ3v) is 4.39. The number of hydrogen-bond acceptors (Lipinski definition) is 1. The van der Waals surface area contributed by atoms with E-state index in [0.29, 0.717) is 6.04 Å². The molecular weight excluding hydrogens is 242 g/mol. The van der Waals surface area contributed by atoms with Crippen LogP contribution in [0.5, 0.6) is 0 Å². The van der Waals surface area contributed by atoms with E-state index < -0.39 is 0 Å². The quantitative estimate of drug-likeness (QED) is 0.827. The lowest BCUT2D eigenvalue weighted by molar-refractivity contribution is 0.374. The zero-order valence-corrected chi connectivity index (χ0v) is 12.4. The van der Waals surface area contributed by atoms with E-state index in [-0.39, 0.29) is 0 Å². The van der Waals surface area contributed by atoms with Crippen molar-refractivity contribution >= 4 is 5.69 Å². The molecule has 0 atom stereocenters. The third kappa shape index (κ3) is 2.87. The summed E-state index contributed by atoms with van der Waals surface area (Å²) in [6, 6.07) is 18.5. The van der Waals surface area contributed by atoms with Crippen LogP contribution < -0.4 is 5.32 Å². The highest BCUT2D eigenvalue weighted by Gasteiger charge is 2.29. The van der Waals surface area contributed by atoms with E-state index in [0.717, 1.165) is 12.3 Å². The van der Waals surface area contributed by atoms with Crippen LogP contribution in [0.15, 0.2) is 48.5 Å². The normalized spacial score (nSPS) is 21.3. The summed E-state index contributed by atoms with van der Waals surface area (Å²) in [7, 11) is 0. The lowest BCUT2D eigenvalue weighted by Gasteiger charge is -2.37. The van der Waals surface area contributed by atoms with E-state index in [9.17, 15) is 0 Å². The molecule has 0 bridgehead atoms. The lowest BCUT2D eigenvalue weighted by atomic mass is 9.75. The summed E-state index contributed by atoms with van der Waals surface area (Å²) < 4.78 is 0. The second-order valence-electron chi connectivity index (χ2n) is 5.97. The molecule has 2 aromatic carbocycles. The lowest BCUT2D eigenvalue weighted by Crippen LogP contribution is -2.33. The molecule has 1 N–H and O–H groups in total. The predicted molar refractivity (Wildman–Crippen MR) is 86.4 cm³/mol. The first-order valence-electron chi connectivity index (χ1n) is 7.66. The minimum Gasteiger partial charge on any atom is -0.382 e. The first-order valence-corrected chi connectivity index (χ1v) is 7.66. The van der Waals surface area contributed by atoms with Crippen molar-refractivity contribution in [3.63, 3.8) is 0 Å². The first kappa shape index (κ1) is 13.2. The van der Waals surface area contributed by atoms with Gasteiger partial charge >= 0.3 is 0 Å². The molecule has 1 aliphatic carbocycles. The number of nitrogens with one attached hydrogen (secondary N) is 1. The third-order valence-electron chi connectivity index (χ3n) is 4.39. The van der Waals surface area contributed by atoms with E-state index in [1.54, 1.807) is 0 Å². The zero-order chi connectivity index (χ0) is 13.9. The molecule has 20 heavy (non-hydrogen) atoms. The molecule has 1 nitrogen and oxygen atoms in total. The maximum Gasteiger partial charge on any atom is 0.0345 e. The van der Waals surface area contributed by atoms with Gasteiger partial charge in [-0.3, -0.25) is 0 Å². The van der Waals surface area contributed by atoms with Crippen molar-refractivity contribution in [3.8, 4) is 0 Å². The summed E-state index contributed by atoms with van der Waals surface area (Å²) in [6.07, 6.45) is 3.60. The fourth-order valence-corrected chi connectivity index (χ4v) is 2.96. The summed E-state index contributed by atoms with van der Waals surface area (Å²) in [5.74, 6) is 0.738. The first-order chi connectivity index (χ1) is 9.74. The van der Waals surface area contributed by atoms with E-state index in [4.69, 9.17) is 0 Å². The van der Waals surface area contributed by atoms with Crippen LogP contribution in [0.1, 0.15) is 42.4 Å². The highest BCUT2D eigenvalue weighted by Crippen LogP contribution is 2.38. The van der Waals surface area contributed by atoms with Gasteiger partial charge in [0.15, 0.2) is 0 Å². The SMILES string of the molecule is CCc1cccc(NC2CC(c3ccc(C)cc3)C2)c1. The van der Waals surface area contributed by atoms with Gasteiger partial charge in [-0.25, -0.2) is 0 Å². The average Bonchev–Trinajstić information content (AvgIpc) is 2.44. The number of benzene rings is 2. The second-order valence-corrected chi connectivity index (χ2v) is 5.97. The van der Waals surface area contributed by atoms with Crippen molar-refractivity contribution in [2.45, 2.75) is 45.1 Å². The fourth-order valence-electron chi connectivity index (χ4n) is 2.96. The molecule has 0 saturated heterocycles. The number of aryl methyl sites for hydroxylation is 2. The van der Waals surface area contributed by atoms with Crippen LogP contribution >= 0.6 is 0 Å². The molecule has 1 heteroatoms. The van der Waals surface area contributed by atoms with Crippen molar-refractivity contribution in [2.75, 3.05) is 5.32 Å². The molecule has 0 spiro atoms. The molecule has 0 aromatic heterocycles. The maximum atomic E-state index is 3.66. The Bertz CT molecular complexity index is 565. The van der Waals surface area contributed by atoms with Gasteiger partial charge in [0.05, 0.1) is 0 Å². The Morgan fingerprint density at radius 1 is 1.05 bits per heavy atom. The van der Waals surface area contributed by atoms with Crippen LogP contribution in [-0.2, 0) is 6.42 Å². The zero-order valence-electron chi connectivity index (χ0n) is 12.4. The minimum atomic E-state index is 0.633. The van der Waals surface area contributed by atoms with E-state index >= 15 is 0 Å². The summed E-state index contributed by atoms with van der Waals surface area (Å²) in [5, 5.41) is 3.66. The van der Waals surface area contributed by atoms with Gasteiger partial charge in [-0.15, -0.1) is 0 Å². The molecule has 0 aliphatic heterocycles. The van der Waals surface area contributed by atoms with Gasteiger partial charge in [-0.1, -0.05) is 48.9 Å². The van der Waals surface area contributed by atoms with Gasteiger partial charge in [0.1, 0.15) is 0 Å². The molecule has 3 rings (SSSR count). The summed E-state index contributed by atoms with van der Waals surface area (Å²) >= 11 is 0. The molecule has 0 radical (unpaired) electrons. The topological polar surface area (TPSA) is 12.0 Å². The average molecular weight is 265 g/mol. The van der Waals surface area contributed by atoms with Gasteiger partial charge in [0, 0.05) is 11.7 Å². The summed E-state index contributed by atoms with van der Waals surface area (Å²) in [4.78, 5) is 0. The van der Waals surface area contributed by atoms with Gasteiger partial charge in [0.25, 0.3) is 0 Å². The highest BCUT2D eigenvalue weighted by molar-refractivity contribution is 5.47. The molecule has 0 heterocycles. The Labute approximate surface area is 122 Å². The molecule has 104 valence electrons. The van der Waals surface area contributed by atoms with Crippen LogP contribution in [0.4, 0.5) is 5.69 Å². The molecule has 0 unspecified atom stereocenters. The molecule has 1 fully saturated rings.